The lowest BCUT2D eigenvalue weighted by atomic mass is 9.79. The molecule has 0 heterocycles. The van der Waals surface area contributed by atoms with Gasteiger partial charge in [-0.05, 0) is 26.2 Å². The topological polar surface area (TPSA) is 55.8 Å². The summed E-state index contributed by atoms with van der Waals surface area (Å²) in [6, 6.07) is 0.0110. The molecule has 0 rings (SSSR count). The maximum absolute atomic E-state index is 12.7. The Bertz CT molecular complexity index is 320. The predicted molar refractivity (Wildman–Crippen MR) is 78.3 cm³/mol. The quantitative estimate of drug-likeness (QED) is 0.531. The Morgan fingerprint density at radius 1 is 1.20 bits per heavy atom. The Kier molecular flexibility index (Phi) is 7.79. The molecule has 1 unspecified atom stereocenters. The van der Waals surface area contributed by atoms with E-state index >= 15 is 0 Å². The van der Waals surface area contributed by atoms with Crippen molar-refractivity contribution in [2.75, 3.05) is 26.9 Å². The summed E-state index contributed by atoms with van der Waals surface area (Å²) in [6.45, 7) is 12.4. The number of ether oxygens (including phenoxy) is 2. The van der Waals surface area contributed by atoms with E-state index in [1.807, 2.05) is 34.6 Å². The highest BCUT2D eigenvalue weighted by molar-refractivity contribution is 5.98. The van der Waals surface area contributed by atoms with Crippen LogP contribution in [-0.4, -0.2) is 49.7 Å². The Balaban J connectivity index is 5.23. The van der Waals surface area contributed by atoms with Gasteiger partial charge in [-0.25, -0.2) is 0 Å². The summed E-state index contributed by atoms with van der Waals surface area (Å²) < 4.78 is 10.1. The van der Waals surface area contributed by atoms with Gasteiger partial charge in [0.25, 0.3) is 0 Å². The normalized spacial score (nSPS) is 13.2. The van der Waals surface area contributed by atoms with Gasteiger partial charge < -0.3 is 14.4 Å². The van der Waals surface area contributed by atoms with Crippen LogP contribution in [0.4, 0.5) is 0 Å². The van der Waals surface area contributed by atoms with Gasteiger partial charge in [-0.3, -0.25) is 9.59 Å². The lowest BCUT2D eigenvalue weighted by Gasteiger charge is -2.35. The van der Waals surface area contributed by atoms with Gasteiger partial charge in [-0.2, -0.15) is 0 Å². The van der Waals surface area contributed by atoms with Crippen LogP contribution in [0.3, 0.4) is 0 Å². The third kappa shape index (κ3) is 5.49. The van der Waals surface area contributed by atoms with Crippen molar-refractivity contribution in [1.29, 1.82) is 0 Å². The molecule has 118 valence electrons. The van der Waals surface area contributed by atoms with Crippen molar-refractivity contribution < 1.29 is 19.1 Å². The van der Waals surface area contributed by atoms with Crippen LogP contribution in [0.5, 0.6) is 0 Å². The molecule has 0 saturated heterocycles. The van der Waals surface area contributed by atoms with Crippen molar-refractivity contribution in [1.82, 2.24) is 4.90 Å². The number of hydrogen-bond acceptors (Lipinski definition) is 4. The summed E-state index contributed by atoms with van der Waals surface area (Å²) in [7, 11) is 1.59. The fourth-order valence-electron chi connectivity index (χ4n) is 2.03. The van der Waals surface area contributed by atoms with Crippen molar-refractivity contribution in [2.24, 2.45) is 11.3 Å². The minimum atomic E-state index is -0.790. The van der Waals surface area contributed by atoms with E-state index in [0.29, 0.717) is 13.2 Å². The smallest absolute Gasteiger partial charge is 0.319 e. The molecule has 5 heteroatoms. The highest BCUT2D eigenvalue weighted by atomic mass is 16.5. The third-order valence-corrected chi connectivity index (χ3v) is 3.08. The van der Waals surface area contributed by atoms with Crippen LogP contribution in [0.15, 0.2) is 0 Å². The van der Waals surface area contributed by atoms with Gasteiger partial charge in [0, 0.05) is 19.7 Å². The molecule has 20 heavy (non-hydrogen) atoms. The zero-order chi connectivity index (χ0) is 15.9. The molecule has 0 aromatic heterocycles. The molecule has 0 saturated carbocycles. The summed E-state index contributed by atoms with van der Waals surface area (Å²) in [5, 5.41) is 0. The second kappa shape index (κ2) is 8.25. The Labute approximate surface area is 122 Å². The number of nitrogens with zero attached hydrogens (tertiary/aromatic N) is 1. The maximum Gasteiger partial charge on any atom is 0.319 e. The molecule has 1 atom stereocenters. The first-order chi connectivity index (χ1) is 9.16. The highest BCUT2D eigenvalue weighted by Gasteiger charge is 2.41. The Morgan fingerprint density at radius 2 is 1.75 bits per heavy atom. The van der Waals surface area contributed by atoms with E-state index in [9.17, 15) is 9.59 Å². The standard InChI is InChI=1S/C15H29NO4/c1-8-20-14(18)12(15(4,5)6)13(17)16(11(2)3)9-10-19-7/h11-12H,8-10H2,1-7H3. The molecule has 0 aliphatic rings. The van der Waals surface area contributed by atoms with Gasteiger partial charge in [0.05, 0.1) is 13.2 Å². The third-order valence-electron chi connectivity index (χ3n) is 3.08. The lowest BCUT2D eigenvalue weighted by Crippen LogP contribution is -2.49. The average Bonchev–Trinajstić information content (AvgIpc) is 2.27. The van der Waals surface area contributed by atoms with E-state index in [1.165, 1.54) is 0 Å². The van der Waals surface area contributed by atoms with Gasteiger partial charge >= 0.3 is 5.97 Å². The van der Waals surface area contributed by atoms with Crippen LogP contribution < -0.4 is 0 Å². The number of amides is 1. The number of methoxy groups -OCH3 is 1. The minimum Gasteiger partial charge on any atom is -0.465 e. The molecule has 0 aromatic carbocycles. The number of esters is 1. The minimum absolute atomic E-state index is 0.0110. The van der Waals surface area contributed by atoms with Crippen molar-refractivity contribution in [2.45, 2.75) is 47.6 Å². The van der Waals surface area contributed by atoms with Crippen molar-refractivity contribution >= 4 is 11.9 Å². The summed E-state index contributed by atoms with van der Waals surface area (Å²) in [6.07, 6.45) is 0. The number of carbonyl (C=O) groups excluding carboxylic acids is 2. The van der Waals surface area contributed by atoms with Crippen LogP contribution >= 0.6 is 0 Å². The summed E-state index contributed by atoms with van der Waals surface area (Å²) >= 11 is 0. The van der Waals surface area contributed by atoms with E-state index in [1.54, 1.807) is 18.9 Å². The Morgan fingerprint density at radius 3 is 2.10 bits per heavy atom. The highest BCUT2D eigenvalue weighted by Crippen LogP contribution is 2.29. The molecule has 0 aromatic rings. The van der Waals surface area contributed by atoms with E-state index in [-0.39, 0.29) is 18.6 Å². The first-order valence-corrected chi connectivity index (χ1v) is 7.12. The number of carbonyl (C=O) groups is 2. The lowest BCUT2D eigenvalue weighted by molar-refractivity contribution is -0.161. The summed E-state index contributed by atoms with van der Waals surface area (Å²) in [5.74, 6) is -1.43. The van der Waals surface area contributed by atoms with Gasteiger partial charge in [-0.1, -0.05) is 20.8 Å². The molecule has 0 fully saturated rings. The molecule has 5 nitrogen and oxygen atoms in total. The van der Waals surface area contributed by atoms with E-state index in [4.69, 9.17) is 9.47 Å². The first kappa shape index (κ1) is 18.9. The van der Waals surface area contributed by atoms with Gasteiger partial charge in [0.2, 0.25) is 5.91 Å². The van der Waals surface area contributed by atoms with E-state index in [0.717, 1.165) is 0 Å². The molecule has 0 radical (unpaired) electrons. The molecule has 1 amide bonds. The molecular weight excluding hydrogens is 258 g/mol. The fraction of sp³-hybridized carbons (Fsp3) is 0.867. The van der Waals surface area contributed by atoms with Crippen molar-refractivity contribution in [3.05, 3.63) is 0 Å². The van der Waals surface area contributed by atoms with Crippen LogP contribution in [0, 0.1) is 11.3 Å². The Hall–Kier alpha value is -1.10. The maximum atomic E-state index is 12.7. The molecule has 0 aliphatic carbocycles. The molecular formula is C15H29NO4. The van der Waals surface area contributed by atoms with Crippen molar-refractivity contribution in [3.63, 3.8) is 0 Å². The SMILES string of the molecule is CCOC(=O)C(C(=O)N(CCOC)C(C)C)C(C)(C)C. The van der Waals surface area contributed by atoms with Crippen LogP contribution in [0.25, 0.3) is 0 Å². The monoisotopic (exact) mass is 287 g/mol. The van der Waals surface area contributed by atoms with Crippen LogP contribution in [0.2, 0.25) is 0 Å². The molecule has 0 spiro atoms. The number of rotatable bonds is 7. The molecule has 0 aliphatic heterocycles. The molecule has 0 N–H and O–H groups in total. The first-order valence-electron chi connectivity index (χ1n) is 7.12. The van der Waals surface area contributed by atoms with Crippen LogP contribution in [-0.2, 0) is 19.1 Å². The van der Waals surface area contributed by atoms with Crippen LogP contribution in [0.1, 0.15) is 41.5 Å². The zero-order valence-electron chi connectivity index (χ0n) is 13.9. The van der Waals surface area contributed by atoms with Gasteiger partial charge in [0.15, 0.2) is 0 Å². The number of hydrogen-bond donors (Lipinski definition) is 0. The van der Waals surface area contributed by atoms with Gasteiger partial charge in [-0.15, -0.1) is 0 Å². The largest absolute Gasteiger partial charge is 0.465 e. The average molecular weight is 287 g/mol. The summed E-state index contributed by atoms with van der Waals surface area (Å²) in [5.41, 5.74) is -0.483. The van der Waals surface area contributed by atoms with E-state index < -0.39 is 17.3 Å². The molecule has 0 bridgehead atoms. The zero-order valence-corrected chi connectivity index (χ0v) is 13.9. The predicted octanol–water partition coefficient (Wildman–Crippen LogP) is 2.10. The second-order valence-corrected chi connectivity index (χ2v) is 6.17. The second-order valence-electron chi connectivity index (χ2n) is 6.17. The fourth-order valence-corrected chi connectivity index (χ4v) is 2.03. The van der Waals surface area contributed by atoms with Crippen molar-refractivity contribution in [3.8, 4) is 0 Å². The van der Waals surface area contributed by atoms with E-state index in [2.05, 4.69) is 0 Å². The van der Waals surface area contributed by atoms with Gasteiger partial charge in [0.1, 0.15) is 5.92 Å². The summed E-state index contributed by atoms with van der Waals surface area (Å²) in [4.78, 5) is 26.5.